The second-order valence-corrected chi connectivity index (χ2v) is 6.82. The number of hydrogen-bond acceptors (Lipinski definition) is 4. The highest BCUT2D eigenvalue weighted by atomic mass is 16.3. The molecule has 7 nitrogen and oxygen atoms in total. The standard InChI is InChI=1S/C19H19N3O4/c1-12-13(6-9-26-12)17(24)21-8-7-19(11-21)14-4-2-3-5-15(14)22(18(19)25)10-16(20)23/h2-6,9H,7-8,10-11H2,1H3,(H2,20,23). The lowest BCUT2D eigenvalue weighted by Crippen LogP contribution is -2.45. The van der Waals surface area contributed by atoms with Gasteiger partial charge >= 0.3 is 0 Å². The third kappa shape index (κ3) is 2.23. The van der Waals surface area contributed by atoms with Crippen LogP contribution in [0.25, 0.3) is 0 Å². The fourth-order valence-corrected chi connectivity index (χ4v) is 4.06. The van der Waals surface area contributed by atoms with E-state index in [-0.39, 0.29) is 24.9 Å². The second-order valence-electron chi connectivity index (χ2n) is 6.82. The number of aryl methyl sites for hydroxylation is 1. The van der Waals surface area contributed by atoms with E-state index in [4.69, 9.17) is 10.2 Å². The van der Waals surface area contributed by atoms with Gasteiger partial charge in [-0.25, -0.2) is 0 Å². The Labute approximate surface area is 150 Å². The van der Waals surface area contributed by atoms with Crippen LogP contribution in [0.2, 0.25) is 0 Å². The number of furan rings is 1. The molecule has 0 radical (unpaired) electrons. The number of nitrogens with zero attached hydrogens (tertiary/aromatic N) is 2. The second kappa shape index (κ2) is 5.72. The SMILES string of the molecule is Cc1occc1C(=O)N1CCC2(C1)C(=O)N(CC(N)=O)c1ccccc12. The monoisotopic (exact) mass is 353 g/mol. The van der Waals surface area contributed by atoms with E-state index >= 15 is 0 Å². The van der Waals surface area contributed by atoms with E-state index < -0.39 is 11.3 Å². The molecule has 26 heavy (non-hydrogen) atoms. The van der Waals surface area contributed by atoms with Crippen molar-refractivity contribution in [1.82, 2.24) is 4.90 Å². The number of primary amides is 1. The Hall–Kier alpha value is -3.09. The van der Waals surface area contributed by atoms with Crippen molar-refractivity contribution in [3.8, 4) is 0 Å². The number of hydrogen-bond donors (Lipinski definition) is 1. The molecule has 1 spiro atoms. The molecule has 134 valence electrons. The number of nitrogens with two attached hydrogens (primary N) is 1. The Bertz CT molecular complexity index is 919. The molecule has 4 rings (SSSR count). The first-order valence-corrected chi connectivity index (χ1v) is 8.47. The summed E-state index contributed by atoms with van der Waals surface area (Å²) >= 11 is 0. The maximum atomic E-state index is 13.2. The third-order valence-corrected chi connectivity index (χ3v) is 5.32. The fraction of sp³-hybridized carbons (Fsp3) is 0.316. The van der Waals surface area contributed by atoms with Crippen LogP contribution in [0, 0.1) is 6.92 Å². The molecular formula is C19H19N3O4. The van der Waals surface area contributed by atoms with E-state index in [9.17, 15) is 14.4 Å². The summed E-state index contributed by atoms with van der Waals surface area (Å²) in [5.41, 5.74) is 6.57. The first kappa shape index (κ1) is 16.4. The van der Waals surface area contributed by atoms with Crippen molar-refractivity contribution in [3.63, 3.8) is 0 Å². The molecule has 1 unspecified atom stereocenters. The highest BCUT2D eigenvalue weighted by Gasteiger charge is 2.55. The summed E-state index contributed by atoms with van der Waals surface area (Å²) in [6.07, 6.45) is 2.00. The van der Waals surface area contributed by atoms with Crippen molar-refractivity contribution in [3.05, 3.63) is 53.5 Å². The zero-order chi connectivity index (χ0) is 18.5. The molecule has 7 heteroatoms. The van der Waals surface area contributed by atoms with Gasteiger partial charge in [-0.15, -0.1) is 0 Å². The van der Waals surface area contributed by atoms with Crippen LogP contribution in [0.3, 0.4) is 0 Å². The molecular weight excluding hydrogens is 334 g/mol. The van der Waals surface area contributed by atoms with Crippen LogP contribution in [0.5, 0.6) is 0 Å². The van der Waals surface area contributed by atoms with Crippen LogP contribution in [0.15, 0.2) is 41.0 Å². The summed E-state index contributed by atoms with van der Waals surface area (Å²) < 4.78 is 5.23. The van der Waals surface area contributed by atoms with Crippen molar-refractivity contribution in [1.29, 1.82) is 0 Å². The van der Waals surface area contributed by atoms with Gasteiger partial charge in [0.2, 0.25) is 11.8 Å². The lowest BCUT2D eigenvalue weighted by Gasteiger charge is -2.24. The summed E-state index contributed by atoms with van der Waals surface area (Å²) in [7, 11) is 0. The van der Waals surface area contributed by atoms with Crippen molar-refractivity contribution in [2.45, 2.75) is 18.8 Å². The molecule has 0 saturated carbocycles. The molecule has 3 heterocycles. The molecule has 2 aliphatic rings. The largest absolute Gasteiger partial charge is 0.469 e. The molecule has 1 fully saturated rings. The number of rotatable bonds is 3. The minimum absolute atomic E-state index is 0.147. The number of para-hydroxylation sites is 1. The molecule has 0 aliphatic carbocycles. The number of carbonyl (C=O) groups is 3. The van der Waals surface area contributed by atoms with Gasteiger partial charge in [0, 0.05) is 18.8 Å². The predicted octanol–water partition coefficient (Wildman–Crippen LogP) is 1.20. The van der Waals surface area contributed by atoms with Crippen LogP contribution >= 0.6 is 0 Å². The average Bonchev–Trinajstić information content (AvgIpc) is 3.30. The van der Waals surface area contributed by atoms with Gasteiger partial charge in [0.25, 0.3) is 5.91 Å². The van der Waals surface area contributed by atoms with Gasteiger partial charge in [-0.05, 0) is 31.0 Å². The van der Waals surface area contributed by atoms with Crippen LogP contribution in [0.4, 0.5) is 5.69 Å². The molecule has 2 aromatic rings. The quantitative estimate of drug-likeness (QED) is 0.897. The van der Waals surface area contributed by atoms with Crippen molar-refractivity contribution in [2.75, 3.05) is 24.5 Å². The molecule has 3 amide bonds. The van der Waals surface area contributed by atoms with E-state index in [0.29, 0.717) is 30.0 Å². The average molecular weight is 353 g/mol. The molecule has 0 bridgehead atoms. The highest BCUT2D eigenvalue weighted by Crippen LogP contribution is 2.47. The van der Waals surface area contributed by atoms with Crippen molar-refractivity contribution >= 4 is 23.4 Å². The van der Waals surface area contributed by atoms with Gasteiger partial charge in [0.05, 0.1) is 17.2 Å². The van der Waals surface area contributed by atoms with Gasteiger partial charge in [-0.3, -0.25) is 14.4 Å². The molecule has 1 atom stereocenters. The smallest absolute Gasteiger partial charge is 0.257 e. The van der Waals surface area contributed by atoms with E-state index in [1.807, 2.05) is 24.3 Å². The van der Waals surface area contributed by atoms with Crippen LogP contribution in [0.1, 0.15) is 28.1 Å². The Morgan fingerprint density at radius 1 is 1.27 bits per heavy atom. The normalized spacial score (nSPS) is 21.5. The van der Waals surface area contributed by atoms with Gasteiger partial charge in [0.1, 0.15) is 12.3 Å². The van der Waals surface area contributed by atoms with Crippen LogP contribution in [-0.2, 0) is 15.0 Å². The number of anilines is 1. The molecule has 1 aromatic heterocycles. The van der Waals surface area contributed by atoms with Gasteiger partial charge in [-0.1, -0.05) is 18.2 Å². The molecule has 1 aromatic carbocycles. The Kier molecular flexibility index (Phi) is 3.61. The number of carbonyl (C=O) groups excluding carboxylic acids is 3. The molecule has 1 saturated heterocycles. The van der Waals surface area contributed by atoms with E-state index in [2.05, 4.69) is 0 Å². The van der Waals surface area contributed by atoms with Crippen LogP contribution < -0.4 is 10.6 Å². The van der Waals surface area contributed by atoms with Crippen LogP contribution in [-0.4, -0.2) is 42.3 Å². The highest BCUT2D eigenvalue weighted by molar-refractivity contribution is 6.11. The van der Waals surface area contributed by atoms with Crippen molar-refractivity contribution in [2.24, 2.45) is 5.73 Å². The summed E-state index contributed by atoms with van der Waals surface area (Å²) in [4.78, 5) is 40.6. The zero-order valence-electron chi connectivity index (χ0n) is 14.4. The first-order chi connectivity index (χ1) is 12.4. The minimum atomic E-state index is -0.820. The number of likely N-dealkylation sites (tertiary alicyclic amines) is 1. The fourth-order valence-electron chi connectivity index (χ4n) is 4.06. The Morgan fingerprint density at radius 2 is 2.04 bits per heavy atom. The lowest BCUT2D eigenvalue weighted by molar-refractivity contribution is -0.125. The van der Waals surface area contributed by atoms with Gasteiger partial charge < -0.3 is 20.0 Å². The van der Waals surface area contributed by atoms with Gasteiger partial charge in [0.15, 0.2) is 0 Å². The predicted molar refractivity (Wildman–Crippen MR) is 93.6 cm³/mol. The Balaban J connectivity index is 1.69. The maximum absolute atomic E-state index is 13.2. The number of benzene rings is 1. The summed E-state index contributed by atoms with van der Waals surface area (Å²) in [6.45, 7) is 2.32. The summed E-state index contributed by atoms with van der Waals surface area (Å²) in [6, 6.07) is 9.05. The molecule has 2 N–H and O–H groups in total. The Morgan fingerprint density at radius 3 is 2.73 bits per heavy atom. The molecule has 2 aliphatic heterocycles. The van der Waals surface area contributed by atoms with E-state index in [0.717, 1.165) is 5.56 Å². The minimum Gasteiger partial charge on any atom is -0.469 e. The topological polar surface area (TPSA) is 96.8 Å². The van der Waals surface area contributed by atoms with E-state index in [1.165, 1.54) is 11.2 Å². The van der Waals surface area contributed by atoms with Crippen molar-refractivity contribution < 1.29 is 18.8 Å². The number of fused-ring (bicyclic) bond motifs is 2. The van der Waals surface area contributed by atoms with E-state index in [1.54, 1.807) is 17.9 Å². The number of amides is 3. The zero-order valence-corrected chi connectivity index (χ0v) is 14.4. The lowest BCUT2D eigenvalue weighted by atomic mass is 9.81. The summed E-state index contributed by atoms with van der Waals surface area (Å²) in [5, 5.41) is 0. The summed E-state index contributed by atoms with van der Waals surface area (Å²) in [5.74, 6) is -0.321. The maximum Gasteiger partial charge on any atom is 0.257 e. The first-order valence-electron chi connectivity index (χ1n) is 8.47. The van der Waals surface area contributed by atoms with Gasteiger partial charge in [-0.2, -0.15) is 0 Å². The third-order valence-electron chi connectivity index (χ3n) is 5.32.